The third kappa shape index (κ3) is 1.48. The molecule has 3 rings (SSSR count). The van der Waals surface area contributed by atoms with Crippen LogP contribution < -0.4 is 0 Å². The van der Waals surface area contributed by atoms with Crippen LogP contribution in [0.4, 0.5) is 4.39 Å². The number of hydrogen-bond acceptors (Lipinski definition) is 1. The summed E-state index contributed by atoms with van der Waals surface area (Å²) in [5, 5.41) is 4.29. The van der Waals surface area contributed by atoms with Gasteiger partial charge < -0.3 is 0 Å². The minimum Gasteiger partial charge on any atom is -0.258 e. The molecule has 0 bridgehead atoms. The SMILES string of the molecule is F[C@@H]1C[C@H](c2ccccc2)n2nc(Br)cc21. The molecule has 1 aromatic carbocycles. The van der Waals surface area contributed by atoms with Gasteiger partial charge >= 0.3 is 0 Å². The highest BCUT2D eigenvalue weighted by atomic mass is 79.9. The number of alkyl halides is 1. The summed E-state index contributed by atoms with van der Waals surface area (Å²) in [6.45, 7) is 0. The molecule has 1 aliphatic rings. The van der Waals surface area contributed by atoms with Crippen LogP contribution in [0.15, 0.2) is 41.0 Å². The molecule has 2 heterocycles. The van der Waals surface area contributed by atoms with E-state index in [-0.39, 0.29) is 6.04 Å². The molecule has 2 aromatic rings. The van der Waals surface area contributed by atoms with Crippen molar-refractivity contribution in [3.8, 4) is 0 Å². The van der Waals surface area contributed by atoms with E-state index in [1.54, 1.807) is 10.7 Å². The largest absolute Gasteiger partial charge is 0.258 e. The molecule has 4 heteroatoms. The second-order valence-electron chi connectivity index (χ2n) is 3.97. The van der Waals surface area contributed by atoms with Gasteiger partial charge in [-0.25, -0.2) is 4.39 Å². The van der Waals surface area contributed by atoms with E-state index in [0.29, 0.717) is 16.7 Å². The van der Waals surface area contributed by atoms with Gasteiger partial charge in [-0.3, -0.25) is 4.68 Å². The van der Waals surface area contributed by atoms with E-state index in [1.807, 2.05) is 30.3 Å². The maximum atomic E-state index is 13.8. The predicted octanol–water partition coefficient (Wildman–Crippen LogP) is 3.65. The van der Waals surface area contributed by atoms with Gasteiger partial charge in [0.25, 0.3) is 0 Å². The van der Waals surface area contributed by atoms with Crippen LogP contribution in [0.25, 0.3) is 0 Å². The van der Waals surface area contributed by atoms with Crippen LogP contribution in [-0.4, -0.2) is 9.78 Å². The second-order valence-corrected chi connectivity index (χ2v) is 4.78. The number of fused-ring (bicyclic) bond motifs is 1. The van der Waals surface area contributed by atoms with E-state index in [9.17, 15) is 4.39 Å². The maximum absolute atomic E-state index is 13.8. The highest BCUT2D eigenvalue weighted by Crippen LogP contribution is 2.41. The normalized spacial score (nSPS) is 23.4. The van der Waals surface area contributed by atoms with Gasteiger partial charge in [-0.15, -0.1) is 0 Å². The average Bonchev–Trinajstić information content (AvgIpc) is 2.80. The van der Waals surface area contributed by atoms with Gasteiger partial charge in [0.1, 0.15) is 10.8 Å². The highest BCUT2D eigenvalue weighted by molar-refractivity contribution is 9.10. The van der Waals surface area contributed by atoms with Gasteiger partial charge in [-0.2, -0.15) is 5.10 Å². The summed E-state index contributed by atoms with van der Waals surface area (Å²) in [7, 11) is 0. The lowest BCUT2D eigenvalue weighted by Crippen LogP contribution is -2.06. The number of halogens is 2. The maximum Gasteiger partial charge on any atom is 0.144 e. The molecule has 82 valence electrons. The summed E-state index contributed by atoms with van der Waals surface area (Å²) >= 11 is 3.29. The Morgan fingerprint density at radius 3 is 2.81 bits per heavy atom. The number of hydrogen-bond donors (Lipinski definition) is 0. The highest BCUT2D eigenvalue weighted by Gasteiger charge is 2.33. The standard InChI is InChI=1S/C12H10BrFN2/c13-12-7-11-9(14)6-10(16(11)15-12)8-4-2-1-3-5-8/h1-5,7,9-10H,6H2/t9-,10-/m1/s1. The molecule has 0 amide bonds. The van der Waals surface area contributed by atoms with Crippen molar-refractivity contribution in [2.24, 2.45) is 0 Å². The molecule has 16 heavy (non-hydrogen) atoms. The van der Waals surface area contributed by atoms with Crippen molar-refractivity contribution in [2.75, 3.05) is 0 Å². The lowest BCUT2D eigenvalue weighted by atomic mass is 10.0. The van der Waals surface area contributed by atoms with Gasteiger partial charge in [-0.1, -0.05) is 30.3 Å². The predicted molar refractivity (Wildman–Crippen MR) is 63.0 cm³/mol. The molecule has 1 aliphatic heterocycles. The number of rotatable bonds is 1. The minimum absolute atomic E-state index is 0.0255. The van der Waals surface area contributed by atoms with Crippen molar-refractivity contribution in [3.05, 3.63) is 52.3 Å². The van der Waals surface area contributed by atoms with Crippen LogP contribution in [0, 0.1) is 0 Å². The van der Waals surface area contributed by atoms with Crippen LogP contribution in [0.1, 0.15) is 29.9 Å². The first kappa shape index (κ1) is 10.0. The number of aromatic nitrogens is 2. The first-order valence-electron chi connectivity index (χ1n) is 5.19. The molecule has 2 atom stereocenters. The molecule has 2 nitrogen and oxygen atoms in total. The molecule has 0 saturated carbocycles. The molecule has 0 N–H and O–H groups in total. The summed E-state index contributed by atoms with van der Waals surface area (Å²) < 4.78 is 16.3. The van der Waals surface area contributed by atoms with Gasteiger partial charge in [0.15, 0.2) is 0 Å². The Morgan fingerprint density at radius 1 is 1.31 bits per heavy atom. The summed E-state index contributed by atoms with van der Waals surface area (Å²) in [5.41, 5.74) is 1.78. The molecule has 0 fully saturated rings. The Labute approximate surface area is 101 Å². The Bertz CT molecular complexity index is 509. The van der Waals surface area contributed by atoms with E-state index in [0.717, 1.165) is 5.56 Å². The molecule has 1 aromatic heterocycles. The van der Waals surface area contributed by atoms with Gasteiger partial charge in [0.2, 0.25) is 0 Å². The molecule has 0 aliphatic carbocycles. The number of benzene rings is 1. The minimum atomic E-state index is -0.913. The third-order valence-corrected chi connectivity index (χ3v) is 3.35. The van der Waals surface area contributed by atoms with E-state index in [4.69, 9.17) is 0 Å². The fourth-order valence-electron chi connectivity index (χ4n) is 2.23. The van der Waals surface area contributed by atoms with Crippen LogP contribution in [-0.2, 0) is 0 Å². The smallest absolute Gasteiger partial charge is 0.144 e. The van der Waals surface area contributed by atoms with Crippen LogP contribution >= 0.6 is 15.9 Å². The summed E-state index contributed by atoms with van der Waals surface area (Å²) in [6.07, 6.45) is -0.427. The first-order valence-corrected chi connectivity index (χ1v) is 5.99. The van der Waals surface area contributed by atoms with Crippen molar-refractivity contribution in [2.45, 2.75) is 18.6 Å². The van der Waals surface area contributed by atoms with Crippen molar-refractivity contribution in [1.29, 1.82) is 0 Å². The van der Waals surface area contributed by atoms with Gasteiger partial charge in [-0.05, 0) is 27.6 Å². The zero-order valence-electron chi connectivity index (χ0n) is 8.48. The Kier molecular flexibility index (Phi) is 2.32. The quantitative estimate of drug-likeness (QED) is 0.780. The van der Waals surface area contributed by atoms with Crippen molar-refractivity contribution in [1.82, 2.24) is 9.78 Å². The van der Waals surface area contributed by atoms with Crippen LogP contribution in [0.2, 0.25) is 0 Å². The lowest BCUT2D eigenvalue weighted by molar-refractivity contribution is 0.334. The van der Waals surface area contributed by atoms with E-state index >= 15 is 0 Å². The van der Waals surface area contributed by atoms with Gasteiger partial charge in [0.05, 0.1) is 11.7 Å². The molecule has 0 radical (unpaired) electrons. The average molecular weight is 281 g/mol. The second kappa shape index (κ2) is 3.70. The van der Waals surface area contributed by atoms with Crippen LogP contribution in [0.3, 0.4) is 0 Å². The monoisotopic (exact) mass is 280 g/mol. The zero-order chi connectivity index (χ0) is 11.1. The molecular weight excluding hydrogens is 271 g/mol. The summed E-state index contributed by atoms with van der Waals surface area (Å²) in [5.74, 6) is 0. The Balaban J connectivity index is 2.06. The fraction of sp³-hybridized carbons (Fsp3) is 0.250. The fourth-order valence-corrected chi connectivity index (χ4v) is 2.64. The number of nitrogens with zero attached hydrogens (tertiary/aromatic N) is 2. The first-order chi connectivity index (χ1) is 7.75. The zero-order valence-corrected chi connectivity index (χ0v) is 10.1. The third-order valence-electron chi connectivity index (χ3n) is 2.97. The molecule has 0 spiro atoms. The Hall–Kier alpha value is -1.16. The molecule has 0 unspecified atom stereocenters. The molecule has 0 saturated heterocycles. The molecular formula is C12H10BrFN2. The van der Waals surface area contributed by atoms with E-state index in [2.05, 4.69) is 21.0 Å². The van der Waals surface area contributed by atoms with Crippen LogP contribution in [0.5, 0.6) is 0 Å². The van der Waals surface area contributed by atoms with Gasteiger partial charge in [0, 0.05) is 6.42 Å². The van der Waals surface area contributed by atoms with Crippen molar-refractivity contribution in [3.63, 3.8) is 0 Å². The van der Waals surface area contributed by atoms with Crippen molar-refractivity contribution >= 4 is 15.9 Å². The topological polar surface area (TPSA) is 17.8 Å². The Morgan fingerprint density at radius 2 is 2.06 bits per heavy atom. The van der Waals surface area contributed by atoms with E-state index in [1.165, 1.54) is 0 Å². The lowest BCUT2D eigenvalue weighted by Gasteiger charge is -2.11. The summed E-state index contributed by atoms with van der Waals surface area (Å²) in [6, 6.07) is 11.7. The summed E-state index contributed by atoms with van der Waals surface area (Å²) in [4.78, 5) is 0. The van der Waals surface area contributed by atoms with E-state index < -0.39 is 6.17 Å². The van der Waals surface area contributed by atoms with Crippen molar-refractivity contribution < 1.29 is 4.39 Å².